The minimum absolute atomic E-state index is 0.0226. The number of aliphatic hydroxyl groups excluding tert-OH is 1. The van der Waals surface area contributed by atoms with Crippen LogP contribution >= 0.6 is 0 Å². The Morgan fingerprint density at radius 3 is 2.40 bits per heavy atom. The van der Waals surface area contributed by atoms with Crippen molar-refractivity contribution < 1.29 is 39.1 Å². The van der Waals surface area contributed by atoms with Gasteiger partial charge in [0.2, 0.25) is 0 Å². The number of carbonyl (C=O) groups is 2. The van der Waals surface area contributed by atoms with Gasteiger partial charge in [0.1, 0.15) is 17.6 Å². The minimum atomic E-state index is -0.979. The third-order valence-corrected chi connectivity index (χ3v) is 8.22. The average molecular weight is 602 g/mol. The van der Waals surface area contributed by atoms with E-state index in [0.29, 0.717) is 35.2 Å². The number of carbonyl (C=O) groups excluding carboxylic acids is 2. The van der Waals surface area contributed by atoms with Gasteiger partial charge in [-0.2, -0.15) is 0 Å². The number of fused-ring (bicyclic) bond motifs is 2. The lowest BCUT2D eigenvalue weighted by molar-refractivity contribution is -0.112. The van der Waals surface area contributed by atoms with E-state index in [0.717, 1.165) is 25.9 Å². The molecule has 6 atom stereocenters. The molecule has 238 valence electrons. The fourth-order valence-electron chi connectivity index (χ4n) is 5.89. The highest BCUT2D eigenvalue weighted by molar-refractivity contribution is 6.05. The van der Waals surface area contributed by atoms with Gasteiger partial charge >= 0.3 is 6.09 Å². The van der Waals surface area contributed by atoms with Crippen LogP contribution in [-0.2, 0) is 25.4 Å². The van der Waals surface area contributed by atoms with Crippen LogP contribution in [0.1, 0.15) is 52.5 Å². The summed E-state index contributed by atoms with van der Waals surface area (Å²) in [5.41, 5.74) is 7.50. The maximum atomic E-state index is 13.1. The first kappa shape index (κ1) is 34.0. The van der Waals surface area contributed by atoms with Crippen LogP contribution in [0.3, 0.4) is 0 Å². The highest BCUT2D eigenvalue weighted by Gasteiger charge is 2.31. The van der Waals surface area contributed by atoms with Crippen molar-refractivity contribution in [3.63, 3.8) is 0 Å². The molecule has 2 amide bonds. The van der Waals surface area contributed by atoms with Crippen LogP contribution in [0.5, 0.6) is 11.5 Å². The first-order valence-corrected chi connectivity index (χ1v) is 14.7. The van der Waals surface area contributed by atoms with Crippen LogP contribution < -0.4 is 16.0 Å². The van der Waals surface area contributed by atoms with Gasteiger partial charge in [0, 0.05) is 50.4 Å². The van der Waals surface area contributed by atoms with Crippen molar-refractivity contribution in [2.24, 2.45) is 17.6 Å². The molecule has 6 N–H and O–H groups in total. The van der Waals surface area contributed by atoms with E-state index in [-0.39, 0.29) is 23.1 Å². The molecular formula is C32H47N3O8. The topological polar surface area (TPSA) is 164 Å². The Morgan fingerprint density at radius 2 is 1.79 bits per heavy atom. The molecule has 11 heteroatoms. The number of phenolic OH excluding ortho intramolecular Hbond substituents is 2. The van der Waals surface area contributed by atoms with E-state index in [2.05, 4.69) is 10.2 Å². The van der Waals surface area contributed by atoms with Crippen molar-refractivity contribution in [2.75, 3.05) is 37.5 Å². The standard InChI is InChI=1S/C32H47N3O8/c1-18-14-22-27(35-12-7-8-13-35)24(36)17-23(29(22)38)34-31(39)19(2)10-9-11-25(41-5)30(43-32(33)40)21(4)16-20(3)28(37)26(15-18)42-6/h9-11,16-18,20,25-26,28,30,36-38H,7-8,12-15H2,1-6H3,(H2,33,40)(H,34,39)/b11-9+,19-10+,21-16+/t18-,20+,25-,26-,28+,30+/m1/s1. The number of aromatic hydroxyl groups is 2. The molecule has 2 bridgehead atoms. The molecule has 2 aliphatic rings. The molecule has 0 aliphatic carbocycles. The number of hydrogen-bond acceptors (Lipinski definition) is 9. The Kier molecular flexibility index (Phi) is 12.1. The zero-order valence-electron chi connectivity index (χ0n) is 26.0. The van der Waals surface area contributed by atoms with Crippen molar-refractivity contribution in [2.45, 2.75) is 77.8 Å². The molecule has 2 heterocycles. The zero-order valence-corrected chi connectivity index (χ0v) is 26.0. The summed E-state index contributed by atoms with van der Waals surface area (Å²) >= 11 is 0. The van der Waals surface area contributed by atoms with Gasteiger partial charge in [-0.05, 0) is 51.0 Å². The molecule has 11 nitrogen and oxygen atoms in total. The van der Waals surface area contributed by atoms with Crippen LogP contribution in [0.15, 0.2) is 41.5 Å². The van der Waals surface area contributed by atoms with Crippen molar-refractivity contribution >= 4 is 23.4 Å². The molecule has 2 aliphatic heterocycles. The zero-order chi connectivity index (χ0) is 31.8. The molecule has 0 spiro atoms. The molecule has 0 radical (unpaired) electrons. The number of nitrogens with two attached hydrogens (primary N) is 1. The van der Waals surface area contributed by atoms with E-state index < -0.39 is 42.3 Å². The summed E-state index contributed by atoms with van der Waals surface area (Å²) in [6.07, 6.45) is 5.26. The lowest BCUT2D eigenvalue weighted by Crippen LogP contribution is -2.37. The van der Waals surface area contributed by atoms with Gasteiger partial charge in [-0.15, -0.1) is 0 Å². The van der Waals surface area contributed by atoms with Crippen LogP contribution in [0, 0.1) is 11.8 Å². The number of nitrogens with one attached hydrogen (secondary N) is 1. The van der Waals surface area contributed by atoms with E-state index in [1.165, 1.54) is 20.3 Å². The number of primary amides is 1. The highest BCUT2D eigenvalue weighted by Crippen LogP contribution is 2.45. The number of hydrogen-bond donors (Lipinski definition) is 5. The number of allylic oxidation sites excluding steroid dienone is 2. The number of aliphatic hydroxyl groups is 1. The number of anilines is 2. The molecule has 0 aromatic heterocycles. The number of methoxy groups -OCH3 is 2. The Morgan fingerprint density at radius 1 is 1.12 bits per heavy atom. The molecule has 1 aromatic carbocycles. The third-order valence-electron chi connectivity index (χ3n) is 8.22. The molecular weight excluding hydrogens is 554 g/mol. The van der Waals surface area contributed by atoms with E-state index >= 15 is 0 Å². The molecule has 1 saturated heterocycles. The van der Waals surface area contributed by atoms with Gasteiger partial charge in [-0.1, -0.05) is 38.2 Å². The number of benzene rings is 1. The Bertz CT molecular complexity index is 1240. The van der Waals surface area contributed by atoms with Crippen molar-refractivity contribution in [1.82, 2.24) is 0 Å². The van der Waals surface area contributed by atoms with E-state index in [9.17, 15) is 24.9 Å². The fourth-order valence-corrected chi connectivity index (χ4v) is 5.89. The van der Waals surface area contributed by atoms with Gasteiger partial charge < -0.3 is 45.5 Å². The first-order chi connectivity index (χ1) is 20.4. The SMILES string of the molecule is CO[C@@H]1/C=C/C=C(\C)C(=O)Nc2cc(O)c(N3CCCC3)c(c2O)C[C@@H](C)C[C@@H](OC)[C@@H](O)[C@@H](C)/C=C(\C)[C@@H]1OC(N)=O. The summed E-state index contributed by atoms with van der Waals surface area (Å²) in [6, 6.07) is 1.38. The number of ether oxygens (including phenoxy) is 3. The quantitative estimate of drug-likeness (QED) is 0.194. The summed E-state index contributed by atoms with van der Waals surface area (Å²) in [4.78, 5) is 26.9. The van der Waals surface area contributed by atoms with Crippen LogP contribution in [0.25, 0.3) is 0 Å². The van der Waals surface area contributed by atoms with Crippen LogP contribution in [0.2, 0.25) is 0 Å². The van der Waals surface area contributed by atoms with Gasteiger partial charge in [-0.3, -0.25) is 4.79 Å². The Hall–Kier alpha value is -3.54. The van der Waals surface area contributed by atoms with Crippen LogP contribution in [-0.4, -0.2) is 79.0 Å². The summed E-state index contributed by atoms with van der Waals surface area (Å²) in [6.45, 7) is 8.70. The largest absolute Gasteiger partial charge is 0.506 e. The summed E-state index contributed by atoms with van der Waals surface area (Å²) in [7, 11) is 2.99. The summed E-state index contributed by atoms with van der Waals surface area (Å²) in [5.74, 6) is -1.09. The Labute approximate surface area is 254 Å². The molecule has 1 fully saturated rings. The van der Waals surface area contributed by atoms with Gasteiger partial charge in [-0.25, -0.2) is 4.79 Å². The van der Waals surface area contributed by atoms with Crippen molar-refractivity contribution in [3.8, 4) is 11.5 Å². The van der Waals surface area contributed by atoms with E-state index in [1.54, 1.807) is 38.2 Å². The predicted octanol–water partition coefficient (Wildman–Crippen LogP) is 4.16. The fraction of sp³-hybridized carbons (Fsp3) is 0.562. The highest BCUT2D eigenvalue weighted by atomic mass is 16.6. The van der Waals surface area contributed by atoms with Gasteiger partial charge in [0.25, 0.3) is 5.91 Å². The van der Waals surface area contributed by atoms with Gasteiger partial charge in [0.15, 0.2) is 6.10 Å². The minimum Gasteiger partial charge on any atom is -0.506 e. The van der Waals surface area contributed by atoms with Gasteiger partial charge in [0.05, 0.1) is 23.6 Å². The molecule has 1 aromatic rings. The maximum absolute atomic E-state index is 13.1. The summed E-state index contributed by atoms with van der Waals surface area (Å²) in [5, 5.41) is 36.6. The summed E-state index contributed by atoms with van der Waals surface area (Å²) < 4.78 is 16.7. The number of nitrogens with zero attached hydrogens (tertiary/aromatic N) is 1. The Balaban J connectivity index is 2.12. The molecule has 0 saturated carbocycles. The number of phenols is 2. The molecule has 3 rings (SSSR count). The lowest BCUT2D eigenvalue weighted by atomic mass is 9.87. The second-order valence-electron chi connectivity index (χ2n) is 11.6. The average Bonchev–Trinajstić information content (AvgIpc) is 3.48. The predicted molar refractivity (Wildman–Crippen MR) is 165 cm³/mol. The number of amides is 2. The van der Waals surface area contributed by atoms with Crippen LogP contribution in [0.4, 0.5) is 16.2 Å². The lowest BCUT2D eigenvalue weighted by Gasteiger charge is -2.30. The molecule has 0 unspecified atom stereocenters. The number of rotatable bonds is 4. The van der Waals surface area contributed by atoms with E-state index in [4.69, 9.17) is 19.9 Å². The monoisotopic (exact) mass is 601 g/mol. The van der Waals surface area contributed by atoms with E-state index in [1.807, 2.05) is 13.8 Å². The third kappa shape index (κ3) is 8.52. The first-order valence-electron chi connectivity index (χ1n) is 14.7. The second kappa shape index (κ2) is 15.3. The maximum Gasteiger partial charge on any atom is 0.405 e. The van der Waals surface area contributed by atoms with Crippen molar-refractivity contribution in [1.29, 1.82) is 0 Å². The normalized spacial score (nSPS) is 31.0. The van der Waals surface area contributed by atoms with Crippen molar-refractivity contribution in [3.05, 3.63) is 47.1 Å². The smallest absolute Gasteiger partial charge is 0.405 e. The molecule has 43 heavy (non-hydrogen) atoms. The second-order valence-corrected chi connectivity index (χ2v) is 11.6.